The molecule has 10 aromatic carbocycles. The Labute approximate surface area is 494 Å². The molecule has 0 aliphatic heterocycles. The molecule has 410 valence electrons. The molecule has 10 aromatic rings. The number of methoxy groups -OCH3 is 2. The monoisotopic (exact) mass is 1220 g/mol. The Kier molecular flexibility index (Phi) is 20.3. The van der Waals surface area contributed by atoms with Crippen molar-refractivity contribution < 1.29 is 24.6 Å². The fraction of sp³-hybridized carbons (Fsp3) is 0.211. The second-order valence-corrected chi connectivity index (χ2v) is 29.2. The Hall–Kier alpha value is -5.70. The van der Waals surface area contributed by atoms with Crippen LogP contribution < -0.4 is 41.3 Å². The SMILES string of the molecule is COc1ccc(C([NH-])(c2ccc(OC)cc2)[C@@H]([NH-])C(C)C)cc1.Cc1cc(C)cc([PH+](c2cc(C)cc(C)c2)c2ccc3ccccc3c2-c2c([PH+](c3cc(C)cc(C)c3)c3cc(C)cc(C)c3)ccc3ccccc23)c1.[Cl][Ru+2][Cl]. The summed E-state index contributed by atoms with van der Waals surface area (Å²) >= 11 is -0.346. The van der Waals surface area contributed by atoms with E-state index in [0.717, 1.165) is 22.6 Å². The second kappa shape index (κ2) is 26.9. The zero-order chi connectivity index (χ0) is 57.4. The molecule has 0 bridgehead atoms. The molecule has 0 radical (unpaired) electrons. The van der Waals surface area contributed by atoms with Gasteiger partial charge >= 0.3 is 34.5 Å². The maximum absolute atomic E-state index is 9.12. The first-order valence-electron chi connectivity index (χ1n) is 27.1. The van der Waals surface area contributed by atoms with Gasteiger partial charge in [-0.25, -0.2) is 0 Å². The van der Waals surface area contributed by atoms with Crippen LogP contribution in [0.1, 0.15) is 69.5 Å². The predicted octanol–water partition coefficient (Wildman–Crippen LogP) is 17.6. The zero-order valence-corrected chi connectivity index (χ0v) is 53.3. The van der Waals surface area contributed by atoms with E-state index in [1.54, 1.807) is 14.2 Å². The Bertz CT molecular complexity index is 3350. The molecular weight excluding hydrogens is 1150 g/mol. The fourth-order valence-corrected chi connectivity index (χ4v) is 18.1. The molecule has 0 saturated carbocycles. The molecule has 0 fully saturated rings. The summed E-state index contributed by atoms with van der Waals surface area (Å²) in [5.41, 5.74) is 31.5. The number of ether oxygens (including phenoxy) is 2. The van der Waals surface area contributed by atoms with Crippen molar-refractivity contribution in [2.45, 2.75) is 80.8 Å². The first-order chi connectivity index (χ1) is 38.4. The number of fused-ring (bicyclic) bond motifs is 2. The zero-order valence-electron chi connectivity index (χ0n) is 48.1. The number of benzene rings is 10. The van der Waals surface area contributed by atoms with E-state index < -0.39 is 27.4 Å². The van der Waals surface area contributed by atoms with Crippen LogP contribution in [0.15, 0.2) is 194 Å². The molecule has 1 atom stereocenters. The van der Waals surface area contributed by atoms with E-state index in [9.17, 15) is 0 Å². The van der Waals surface area contributed by atoms with Crippen molar-refractivity contribution in [3.63, 3.8) is 0 Å². The summed E-state index contributed by atoms with van der Waals surface area (Å²) in [4.78, 5) is 0. The van der Waals surface area contributed by atoms with Crippen molar-refractivity contribution in [3.8, 4) is 22.6 Å². The Morgan fingerprint density at radius 1 is 0.412 bits per heavy atom. The first kappa shape index (κ1) is 60.4. The van der Waals surface area contributed by atoms with Crippen LogP contribution in [0.3, 0.4) is 0 Å². The van der Waals surface area contributed by atoms with Crippen LogP contribution in [0.5, 0.6) is 11.5 Å². The van der Waals surface area contributed by atoms with Gasteiger partial charge in [0.25, 0.3) is 0 Å². The van der Waals surface area contributed by atoms with Crippen molar-refractivity contribution in [1.82, 2.24) is 0 Å². The summed E-state index contributed by atoms with van der Waals surface area (Å²) in [7, 11) is 9.97. The quantitative estimate of drug-likeness (QED) is 0.0853. The van der Waals surface area contributed by atoms with Gasteiger partial charge in [-0.3, -0.25) is 0 Å². The van der Waals surface area contributed by atoms with E-state index in [-0.39, 0.29) is 21.1 Å². The van der Waals surface area contributed by atoms with Crippen molar-refractivity contribution in [3.05, 3.63) is 261 Å². The summed E-state index contributed by atoms with van der Waals surface area (Å²) in [5, 5.41) is 13.9. The van der Waals surface area contributed by atoms with Crippen molar-refractivity contribution in [1.29, 1.82) is 0 Å². The van der Waals surface area contributed by atoms with Gasteiger partial charge in [-0.05, 0) is 206 Å². The summed E-state index contributed by atoms with van der Waals surface area (Å²) in [6.45, 7) is 22.0. The molecule has 80 heavy (non-hydrogen) atoms. The molecule has 4 nitrogen and oxygen atoms in total. The Balaban J connectivity index is 0.000000270. The fourth-order valence-electron chi connectivity index (χ4n) is 11.7. The van der Waals surface area contributed by atoms with Crippen LogP contribution >= 0.6 is 35.2 Å². The van der Waals surface area contributed by atoms with E-state index in [2.05, 4.69) is 201 Å². The molecule has 0 amide bonds. The third kappa shape index (κ3) is 13.6. The van der Waals surface area contributed by atoms with Crippen LogP contribution in [0, 0.1) is 61.3 Å². The van der Waals surface area contributed by atoms with Crippen LogP contribution in [0.25, 0.3) is 44.1 Å². The molecule has 0 spiro atoms. The van der Waals surface area contributed by atoms with E-state index >= 15 is 0 Å². The molecule has 0 heterocycles. The molecule has 10 rings (SSSR count). The van der Waals surface area contributed by atoms with Crippen molar-refractivity contribution >= 4 is 88.6 Å². The van der Waals surface area contributed by atoms with Gasteiger partial charge in [0.1, 0.15) is 43.3 Å². The number of hydrogen-bond acceptors (Lipinski definition) is 2. The van der Waals surface area contributed by atoms with Gasteiger partial charge in [0.15, 0.2) is 0 Å². The Morgan fingerprint density at radius 3 is 0.950 bits per heavy atom. The number of rotatable bonds is 13. The minimum absolute atomic E-state index is 0.0525. The van der Waals surface area contributed by atoms with Crippen molar-refractivity contribution in [2.24, 2.45) is 5.92 Å². The van der Waals surface area contributed by atoms with Gasteiger partial charge in [0, 0.05) is 11.1 Å². The molecule has 0 aromatic heterocycles. The topological polar surface area (TPSA) is 66.1 Å². The molecular formula is C71H74Cl2N2O2P2Ru+2. The Morgan fingerprint density at radius 2 is 0.688 bits per heavy atom. The van der Waals surface area contributed by atoms with Gasteiger partial charge in [-0.1, -0.05) is 146 Å². The molecule has 0 aliphatic rings. The average Bonchev–Trinajstić information content (AvgIpc) is 3.62. The van der Waals surface area contributed by atoms with Gasteiger partial charge < -0.3 is 20.9 Å². The molecule has 0 unspecified atom stereocenters. The minimum atomic E-state index is -1.49. The van der Waals surface area contributed by atoms with Gasteiger partial charge in [0.2, 0.25) is 0 Å². The standard InChI is InChI=1S/C52H48P2.C19H24N2O2.2ClH.Ru/c1-33-21-34(2)26-43(25-33)53(44-27-35(3)22-36(4)28-44)49-19-17-41-13-9-11-15-47(41)51(49)52-48-16-12-10-14-42(48)18-20-50(52)54(45-29-37(5)23-38(6)30-45)46-31-39(7)24-40(8)32-46;1-13(2)18(20)19(21,14-5-9-16(22-3)10-6-14)15-7-11-17(23-4)12-8-15;;;/h9-32H,1-8H3;5-13,18,20-21H,1-4H3;2*1H;/q;-2;;;+4/t;18-;;;/m.0.../s1. The maximum atomic E-state index is 9.12. The summed E-state index contributed by atoms with van der Waals surface area (Å²) < 4.78 is 10.4. The van der Waals surface area contributed by atoms with Gasteiger partial charge in [-0.2, -0.15) is 0 Å². The van der Waals surface area contributed by atoms with Crippen LogP contribution in [0.4, 0.5) is 0 Å². The third-order valence-electron chi connectivity index (χ3n) is 14.9. The van der Waals surface area contributed by atoms with Crippen LogP contribution in [-0.4, -0.2) is 20.3 Å². The summed E-state index contributed by atoms with van der Waals surface area (Å²) in [5.74, 6) is 1.55. The number of nitrogens with one attached hydrogen (secondary N) is 2. The molecule has 0 aliphatic carbocycles. The van der Waals surface area contributed by atoms with E-state index in [1.165, 1.54) is 109 Å². The average molecular weight is 1220 g/mol. The summed E-state index contributed by atoms with van der Waals surface area (Å²) in [6, 6.07) is 71.2. The predicted molar refractivity (Wildman–Crippen MR) is 351 cm³/mol. The second-order valence-electron chi connectivity index (χ2n) is 21.7. The summed E-state index contributed by atoms with van der Waals surface area (Å²) in [6.07, 6.45) is 0. The van der Waals surface area contributed by atoms with Crippen LogP contribution in [0.2, 0.25) is 0 Å². The van der Waals surface area contributed by atoms with E-state index in [1.807, 2.05) is 62.4 Å². The van der Waals surface area contributed by atoms with Gasteiger partial charge in [0.05, 0.1) is 30.1 Å². The van der Waals surface area contributed by atoms with Crippen molar-refractivity contribution in [2.75, 3.05) is 14.2 Å². The normalized spacial score (nSPS) is 11.8. The number of hydrogen-bond donors (Lipinski definition) is 0. The molecule has 0 saturated heterocycles. The first-order valence-corrected chi connectivity index (χ1v) is 34.6. The number of halogens is 2. The van der Waals surface area contributed by atoms with E-state index in [0.29, 0.717) is 0 Å². The molecule has 9 heteroatoms. The van der Waals surface area contributed by atoms with E-state index in [4.69, 9.17) is 40.3 Å². The molecule has 2 N–H and O–H groups in total. The van der Waals surface area contributed by atoms with Gasteiger partial charge in [-0.15, -0.1) is 6.04 Å². The third-order valence-corrected chi connectivity index (χ3v) is 20.3. The number of aryl methyl sites for hydroxylation is 8. The van der Waals surface area contributed by atoms with Crippen LogP contribution in [-0.2, 0) is 20.7 Å².